The number of fused-ring (bicyclic) bond motifs is 1. The van der Waals surface area contributed by atoms with Crippen molar-refractivity contribution >= 4 is 34.9 Å². The first-order valence-corrected chi connectivity index (χ1v) is 13.6. The minimum absolute atomic E-state index is 0.0324. The Labute approximate surface area is 243 Å². The fraction of sp³-hybridized carbons (Fsp3) is 0.290. The third kappa shape index (κ3) is 8.23. The third-order valence-electron chi connectivity index (χ3n) is 6.49. The Morgan fingerprint density at radius 2 is 1.38 bits per heavy atom. The number of amides is 2. The van der Waals surface area contributed by atoms with Gasteiger partial charge in [-0.15, -0.1) is 5.10 Å². The van der Waals surface area contributed by atoms with Crippen molar-refractivity contribution in [3.63, 3.8) is 0 Å². The number of carbonyl (C=O) groups excluding carboxylic acids is 4. The summed E-state index contributed by atoms with van der Waals surface area (Å²) in [5, 5.41) is 13.3. The zero-order valence-corrected chi connectivity index (χ0v) is 23.4. The van der Waals surface area contributed by atoms with Gasteiger partial charge in [0.15, 0.2) is 0 Å². The molecule has 4 rings (SSSR count). The number of hydrogen-bond donors (Lipinski definition) is 2. The summed E-state index contributed by atoms with van der Waals surface area (Å²) in [6, 6.07) is 23.1. The molecule has 3 aromatic carbocycles. The Morgan fingerprint density at radius 3 is 2.02 bits per heavy atom. The van der Waals surface area contributed by atoms with E-state index >= 15 is 0 Å². The number of alkyl carbamates (subject to hydrolysis) is 1. The van der Waals surface area contributed by atoms with Crippen LogP contribution in [0.15, 0.2) is 84.9 Å². The number of esters is 1. The van der Waals surface area contributed by atoms with E-state index in [4.69, 9.17) is 9.47 Å². The average Bonchev–Trinajstić information content (AvgIpc) is 3.44. The Morgan fingerprint density at radius 1 is 0.786 bits per heavy atom. The van der Waals surface area contributed by atoms with E-state index in [1.807, 2.05) is 60.7 Å². The van der Waals surface area contributed by atoms with Crippen LogP contribution in [0, 0.1) is 5.92 Å². The lowest BCUT2D eigenvalue weighted by Gasteiger charge is -2.24. The first-order valence-electron chi connectivity index (χ1n) is 13.6. The maximum Gasteiger partial charge on any atom is 0.408 e. The van der Waals surface area contributed by atoms with Gasteiger partial charge in [-0.25, -0.2) is 4.79 Å². The van der Waals surface area contributed by atoms with E-state index in [0.29, 0.717) is 11.0 Å². The highest BCUT2D eigenvalue weighted by Gasteiger charge is 2.31. The molecular weight excluding hydrogens is 538 g/mol. The Bertz CT molecular complexity index is 1510. The summed E-state index contributed by atoms with van der Waals surface area (Å²) >= 11 is 0. The molecule has 0 saturated carbocycles. The van der Waals surface area contributed by atoms with Crippen molar-refractivity contribution in [2.24, 2.45) is 5.92 Å². The van der Waals surface area contributed by atoms with Gasteiger partial charge in [0, 0.05) is 6.42 Å². The fourth-order valence-corrected chi connectivity index (χ4v) is 4.20. The number of nitrogens with zero attached hydrogens (tertiary/aromatic N) is 3. The van der Waals surface area contributed by atoms with Crippen LogP contribution in [0.25, 0.3) is 11.0 Å². The lowest BCUT2D eigenvalue weighted by atomic mass is 10.0. The van der Waals surface area contributed by atoms with Crippen LogP contribution < -0.4 is 10.6 Å². The molecule has 11 heteroatoms. The first kappa shape index (κ1) is 29.9. The summed E-state index contributed by atoms with van der Waals surface area (Å²) in [5.41, 5.74) is 2.58. The normalized spacial score (nSPS) is 12.4. The topological polar surface area (TPSA) is 142 Å². The Kier molecular flexibility index (Phi) is 10.4. The van der Waals surface area contributed by atoms with E-state index in [1.165, 1.54) is 0 Å². The van der Waals surface area contributed by atoms with Gasteiger partial charge in [0.25, 0.3) is 5.91 Å². The summed E-state index contributed by atoms with van der Waals surface area (Å²) in [4.78, 5) is 52.1. The van der Waals surface area contributed by atoms with Gasteiger partial charge in [0.1, 0.15) is 30.8 Å². The molecule has 0 bridgehead atoms. The lowest BCUT2D eigenvalue weighted by molar-refractivity contribution is -0.145. The molecule has 0 saturated heterocycles. The number of nitrogens with one attached hydrogen (secondary N) is 2. The molecule has 0 radical (unpaired) electrons. The van der Waals surface area contributed by atoms with Crippen LogP contribution in [0.4, 0.5) is 4.79 Å². The lowest BCUT2D eigenvalue weighted by Crippen LogP contribution is -2.54. The number of ether oxygens (including phenoxy) is 2. The van der Waals surface area contributed by atoms with Crippen LogP contribution >= 0.6 is 0 Å². The summed E-state index contributed by atoms with van der Waals surface area (Å²) in [5.74, 6) is -2.06. The third-order valence-corrected chi connectivity index (χ3v) is 6.49. The molecule has 0 fully saturated rings. The molecule has 1 heterocycles. The molecule has 0 spiro atoms. The molecule has 11 nitrogen and oxygen atoms in total. The molecule has 2 N–H and O–H groups in total. The SMILES string of the molecule is CC(C)[C@H](NC(=O)OCc1ccccc1)C(=O)N[C@H](CCC(=O)OCc1ccccc1)C(=O)n1nnc2ccccc21. The fourth-order valence-electron chi connectivity index (χ4n) is 4.20. The van der Waals surface area contributed by atoms with E-state index in [9.17, 15) is 19.2 Å². The second-order valence-electron chi connectivity index (χ2n) is 10.0. The smallest absolute Gasteiger partial charge is 0.408 e. The average molecular weight is 572 g/mol. The minimum Gasteiger partial charge on any atom is -0.461 e. The standard InChI is InChI=1S/C31H33N5O6/c1-21(2)28(33-31(40)42-20-23-13-7-4-8-14-23)29(38)32-25(17-18-27(37)41-19-22-11-5-3-6-12-22)30(39)36-26-16-10-9-15-24(26)34-35-36/h3-16,21,25,28H,17-20H2,1-2H3,(H,32,38)(H,33,40)/t25-,28+/m1/s1. The highest BCUT2D eigenvalue weighted by molar-refractivity contribution is 5.96. The summed E-state index contributed by atoms with van der Waals surface area (Å²) in [7, 11) is 0. The van der Waals surface area contributed by atoms with Crippen molar-refractivity contribution in [2.45, 2.75) is 52.0 Å². The quantitative estimate of drug-likeness (QED) is 0.243. The monoisotopic (exact) mass is 571 g/mol. The molecule has 218 valence electrons. The van der Waals surface area contributed by atoms with Crippen molar-refractivity contribution < 1.29 is 28.7 Å². The van der Waals surface area contributed by atoms with Gasteiger partial charge in [0.2, 0.25) is 5.91 Å². The van der Waals surface area contributed by atoms with Crippen LogP contribution in [0.1, 0.15) is 42.6 Å². The molecule has 0 aliphatic heterocycles. The number of carbonyl (C=O) groups is 4. The van der Waals surface area contributed by atoms with Gasteiger partial charge in [-0.05, 0) is 35.6 Å². The van der Waals surface area contributed by atoms with E-state index in [-0.39, 0.29) is 32.0 Å². The number of benzene rings is 3. The zero-order valence-electron chi connectivity index (χ0n) is 23.4. The van der Waals surface area contributed by atoms with Crippen LogP contribution in [0.5, 0.6) is 0 Å². The molecular formula is C31H33N5O6. The molecule has 42 heavy (non-hydrogen) atoms. The maximum atomic E-state index is 13.6. The predicted molar refractivity (Wildman–Crippen MR) is 154 cm³/mol. The van der Waals surface area contributed by atoms with Crippen molar-refractivity contribution in [2.75, 3.05) is 0 Å². The maximum absolute atomic E-state index is 13.6. The zero-order chi connectivity index (χ0) is 29.9. The second kappa shape index (κ2) is 14.5. The number of para-hydroxylation sites is 1. The van der Waals surface area contributed by atoms with Crippen molar-refractivity contribution in [3.05, 3.63) is 96.1 Å². The molecule has 2 atom stereocenters. The summed E-state index contributed by atoms with van der Waals surface area (Å²) < 4.78 is 11.7. The predicted octanol–water partition coefficient (Wildman–Crippen LogP) is 4.03. The van der Waals surface area contributed by atoms with Gasteiger partial charge in [0.05, 0.1) is 5.52 Å². The van der Waals surface area contributed by atoms with Gasteiger partial charge < -0.3 is 20.1 Å². The number of aromatic nitrogens is 3. The Balaban J connectivity index is 1.44. The van der Waals surface area contributed by atoms with Crippen molar-refractivity contribution in [1.82, 2.24) is 25.6 Å². The van der Waals surface area contributed by atoms with Gasteiger partial charge in [-0.1, -0.05) is 91.9 Å². The van der Waals surface area contributed by atoms with E-state index in [1.54, 1.807) is 38.1 Å². The van der Waals surface area contributed by atoms with Crippen LogP contribution in [0.3, 0.4) is 0 Å². The van der Waals surface area contributed by atoms with Gasteiger partial charge in [-0.2, -0.15) is 4.68 Å². The molecule has 1 aromatic heterocycles. The molecule has 4 aromatic rings. The van der Waals surface area contributed by atoms with Crippen LogP contribution in [0.2, 0.25) is 0 Å². The second-order valence-corrected chi connectivity index (χ2v) is 10.0. The highest BCUT2D eigenvalue weighted by Crippen LogP contribution is 2.14. The van der Waals surface area contributed by atoms with E-state index in [0.717, 1.165) is 15.8 Å². The van der Waals surface area contributed by atoms with Crippen molar-refractivity contribution in [1.29, 1.82) is 0 Å². The van der Waals surface area contributed by atoms with Crippen LogP contribution in [-0.4, -0.2) is 51.0 Å². The molecule has 0 aliphatic carbocycles. The Hall–Kier alpha value is -5.06. The highest BCUT2D eigenvalue weighted by atomic mass is 16.5. The van der Waals surface area contributed by atoms with Crippen LogP contribution in [-0.2, 0) is 32.3 Å². The van der Waals surface area contributed by atoms with E-state index in [2.05, 4.69) is 20.9 Å². The van der Waals surface area contributed by atoms with Gasteiger partial charge in [-0.3, -0.25) is 14.4 Å². The number of rotatable bonds is 12. The first-order chi connectivity index (χ1) is 20.3. The van der Waals surface area contributed by atoms with Crippen molar-refractivity contribution in [3.8, 4) is 0 Å². The largest absolute Gasteiger partial charge is 0.461 e. The summed E-state index contributed by atoms with van der Waals surface area (Å²) in [6.07, 6.45) is -0.979. The number of hydrogen-bond acceptors (Lipinski definition) is 8. The molecule has 0 unspecified atom stereocenters. The van der Waals surface area contributed by atoms with Gasteiger partial charge >= 0.3 is 12.1 Å². The molecule has 2 amide bonds. The molecule has 0 aliphatic rings. The minimum atomic E-state index is -1.16. The summed E-state index contributed by atoms with van der Waals surface area (Å²) in [6.45, 7) is 3.63. The van der Waals surface area contributed by atoms with E-state index < -0.39 is 36.0 Å².